The normalized spacial score (nSPS) is 14.4. The first-order valence-electron chi connectivity index (χ1n) is 8.71. The van der Waals surface area contributed by atoms with Gasteiger partial charge in [0.25, 0.3) is 11.5 Å². The summed E-state index contributed by atoms with van der Waals surface area (Å²) in [4.78, 5) is 25.9. The van der Waals surface area contributed by atoms with Gasteiger partial charge in [-0.05, 0) is 23.8 Å². The number of nitrogens with zero attached hydrogens (tertiary/aromatic N) is 2. The molecule has 2 N–H and O–H groups in total. The number of nitrogens with one attached hydrogen (secondary N) is 1. The van der Waals surface area contributed by atoms with Crippen LogP contribution < -0.4 is 5.56 Å². The van der Waals surface area contributed by atoms with E-state index >= 15 is 0 Å². The summed E-state index contributed by atoms with van der Waals surface area (Å²) in [6, 6.07) is 11.6. The zero-order valence-electron chi connectivity index (χ0n) is 14.5. The number of hydrogen-bond acceptors (Lipinski definition) is 4. The number of rotatable bonds is 4. The van der Waals surface area contributed by atoms with E-state index < -0.39 is 5.82 Å². The van der Waals surface area contributed by atoms with Crippen LogP contribution in [0.3, 0.4) is 0 Å². The van der Waals surface area contributed by atoms with Crippen LogP contribution in [-0.4, -0.2) is 45.8 Å². The Labute approximate surface area is 154 Å². The molecule has 4 rings (SSSR count). The number of aliphatic hydroxyl groups is 1. The number of fused-ring (bicyclic) bond motifs is 1. The van der Waals surface area contributed by atoms with Crippen LogP contribution in [0, 0.1) is 11.7 Å². The Morgan fingerprint density at radius 3 is 2.70 bits per heavy atom. The third-order valence-electron chi connectivity index (χ3n) is 4.91. The van der Waals surface area contributed by atoms with Crippen molar-refractivity contribution in [3.8, 4) is 0 Å². The highest BCUT2D eigenvalue weighted by atomic mass is 19.1. The zero-order valence-corrected chi connectivity index (χ0v) is 14.5. The van der Waals surface area contributed by atoms with Gasteiger partial charge in [0, 0.05) is 37.4 Å². The standard InChI is InChI=1S/C20H18FN3O3/c21-17-6-5-12(7-16(17)20(27)24-9-13(10-24)11-25)8-18-14-3-1-2-4-15(14)19(26)23-22-18/h1-7,13,25H,8-11H2,(H,23,26). The topological polar surface area (TPSA) is 86.3 Å². The Balaban J connectivity index is 1.64. The molecule has 1 aliphatic heterocycles. The third-order valence-corrected chi connectivity index (χ3v) is 4.91. The number of carbonyl (C=O) groups is 1. The van der Waals surface area contributed by atoms with Gasteiger partial charge in [-0.3, -0.25) is 9.59 Å². The highest BCUT2D eigenvalue weighted by molar-refractivity contribution is 5.95. The van der Waals surface area contributed by atoms with Gasteiger partial charge in [0.2, 0.25) is 0 Å². The molecule has 1 amide bonds. The Morgan fingerprint density at radius 1 is 1.22 bits per heavy atom. The molecule has 0 bridgehead atoms. The number of aromatic amines is 1. The first-order chi connectivity index (χ1) is 13.1. The molecule has 2 aromatic carbocycles. The van der Waals surface area contributed by atoms with Crippen molar-refractivity contribution >= 4 is 16.7 Å². The minimum absolute atomic E-state index is 0.0117. The predicted octanol–water partition coefficient (Wildman–Crippen LogP) is 1.72. The second-order valence-corrected chi connectivity index (χ2v) is 6.79. The van der Waals surface area contributed by atoms with Gasteiger partial charge in [0.15, 0.2) is 0 Å². The molecule has 1 fully saturated rings. The first kappa shape index (κ1) is 17.4. The Hall–Kier alpha value is -3.06. The molecule has 1 saturated heterocycles. The number of aliphatic hydroxyl groups excluding tert-OH is 1. The van der Waals surface area contributed by atoms with Crippen molar-refractivity contribution in [2.24, 2.45) is 5.92 Å². The second-order valence-electron chi connectivity index (χ2n) is 6.79. The SMILES string of the molecule is O=C(c1cc(Cc2n[nH]c(=O)c3ccccc23)ccc1F)N1CC(CO)C1. The van der Waals surface area contributed by atoms with Crippen LogP contribution in [0.15, 0.2) is 47.3 Å². The third kappa shape index (κ3) is 3.21. The average Bonchev–Trinajstić information content (AvgIpc) is 2.65. The minimum atomic E-state index is -0.574. The average molecular weight is 367 g/mol. The smallest absolute Gasteiger partial charge is 0.272 e. The number of aromatic nitrogens is 2. The van der Waals surface area contributed by atoms with Gasteiger partial charge >= 0.3 is 0 Å². The summed E-state index contributed by atoms with van der Waals surface area (Å²) in [6.07, 6.45) is 0.358. The molecule has 3 aromatic rings. The van der Waals surface area contributed by atoms with E-state index in [0.29, 0.717) is 30.6 Å². The molecule has 0 saturated carbocycles. The molecular formula is C20H18FN3O3. The molecule has 0 radical (unpaired) electrons. The van der Waals surface area contributed by atoms with E-state index in [-0.39, 0.29) is 29.6 Å². The maximum atomic E-state index is 14.2. The van der Waals surface area contributed by atoms with Crippen molar-refractivity contribution < 1.29 is 14.3 Å². The first-order valence-corrected chi connectivity index (χ1v) is 8.71. The number of amides is 1. The van der Waals surface area contributed by atoms with Gasteiger partial charge in [-0.2, -0.15) is 5.10 Å². The van der Waals surface area contributed by atoms with Crippen LogP contribution in [0.25, 0.3) is 10.8 Å². The van der Waals surface area contributed by atoms with E-state index in [1.165, 1.54) is 17.0 Å². The van der Waals surface area contributed by atoms with Gasteiger partial charge in [-0.25, -0.2) is 9.49 Å². The molecule has 1 aromatic heterocycles. The Bertz CT molecular complexity index is 1070. The highest BCUT2D eigenvalue weighted by Crippen LogP contribution is 2.22. The molecule has 6 nitrogen and oxygen atoms in total. The predicted molar refractivity (Wildman–Crippen MR) is 98.0 cm³/mol. The lowest BCUT2D eigenvalue weighted by Crippen LogP contribution is -2.51. The van der Waals surface area contributed by atoms with Crippen molar-refractivity contribution in [1.29, 1.82) is 0 Å². The number of benzene rings is 2. The van der Waals surface area contributed by atoms with E-state index in [0.717, 1.165) is 10.9 Å². The molecule has 7 heteroatoms. The van der Waals surface area contributed by atoms with E-state index in [1.54, 1.807) is 18.2 Å². The minimum Gasteiger partial charge on any atom is -0.396 e. The fraction of sp³-hybridized carbons (Fsp3) is 0.250. The lowest BCUT2D eigenvalue weighted by atomic mass is 9.98. The molecule has 138 valence electrons. The van der Waals surface area contributed by atoms with Crippen LogP contribution in [0.5, 0.6) is 0 Å². The quantitative estimate of drug-likeness (QED) is 0.735. The summed E-state index contributed by atoms with van der Waals surface area (Å²) in [6.45, 7) is 0.896. The summed E-state index contributed by atoms with van der Waals surface area (Å²) < 4.78 is 14.2. The molecular weight excluding hydrogens is 349 g/mol. The number of likely N-dealkylation sites (tertiary alicyclic amines) is 1. The van der Waals surface area contributed by atoms with Gasteiger partial charge < -0.3 is 10.0 Å². The molecule has 2 heterocycles. The number of H-pyrrole nitrogens is 1. The van der Waals surface area contributed by atoms with E-state index in [4.69, 9.17) is 5.11 Å². The van der Waals surface area contributed by atoms with Crippen LogP contribution in [0.2, 0.25) is 0 Å². The fourth-order valence-corrected chi connectivity index (χ4v) is 3.37. The monoisotopic (exact) mass is 367 g/mol. The van der Waals surface area contributed by atoms with Crippen LogP contribution >= 0.6 is 0 Å². The van der Waals surface area contributed by atoms with Crippen LogP contribution in [0.1, 0.15) is 21.6 Å². The molecule has 27 heavy (non-hydrogen) atoms. The second kappa shape index (κ2) is 6.92. The van der Waals surface area contributed by atoms with Gasteiger partial charge in [0.05, 0.1) is 16.6 Å². The fourth-order valence-electron chi connectivity index (χ4n) is 3.37. The maximum absolute atomic E-state index is 14.2. The zero-order chi connectivity index (χ0) is 19.0. The van der Waals surface area contributed by atoms with E-state index in [2.05, 4.69) is 10.2 Å². The molecule has 0 spiro atoms. The van der Waals surface area contributed by atoms with Crippen molar-refractivity contribution in [2.45, 2.75) is 6.42 Å². The Kier molecular flexibility index (Phi) is 4.45. The summed E-state index contributed by atoms with van der Waals surface area (Å²) in [5, 5.41) is 17.0. The van der Waals surface area contributed by atoms with Crippen LogP contribution in [0.4, 0.5) is 4.39 Å². The highest BCUT2D eigenvalue weighted by Gasteiger charge is 2.31. The Morgan fingerprint density at radius 2 is 1.96 bits per heavy atom. The lowest BCUT2D eigenvalue weighted by Gasteiger charge is -2.38. The number of hydrogen-bond donors (Lipinski definition) is 2. The van der Waals surface area contributed by atoms with Crippen LogP contribution in [-0.2, 0) is 6.42 Å². The van der Waals surface area contributed by atoms with Crippen molar-refractivity contribution in [1.82, 2.24) is 15.1 Å². The van der Waals surface area contributed by atoms with Crippen molar-refractivity contribution in [2.75, 3.05) is 19.7 Å². The van der Waals surface area contributed by atoms with Crippen molar-refractivity contribution in [3.05, 3.63) is 75.5 Å². The van der Waals surface area contributed by atoms with Gasteiger partial charge in [-0.1, -0.05) is 24.3 Å². The summed E-state index contributed by atoms with van der Waals surface area (Å²) in [5.41, 5.74) is 1.13. The summed E-state index contributed by atoms with van der Waals surface area (Å²) >= 11 is 0. The number of carbonyl (C=O) groups excluding carboxylic acids is 1. The molecule has 0 unspecified atom stereocenters. The molecule has 0 atom stereocenters. The van der Waals surface area contributed by atoms with Gasteiger partial charge in [-0.15, -0.1) is 0 Å². The number of halogens is 1. The van der Waals surface area contributed by atoms with Gasteiger partial charge in [0.1, 0.15) is 5.82 Å². The lowest BCUT2D eigenvalue weighted by molar-refractivity contribution is 0.0358. The van der Waals surface area contributed by atoms with Crippen molar-refractivity contribution in [3.63, 3.8) is 0 Å². The van der Waals surface area contributed by atoms with E-state index in [9.17, 15) is 14.0 Å². The van der Waals surface area contributed by atoms with E-state index in [1.807, 2.05) is 12.1 Å². The maximum Gasteiger partial charge on any atom is 0.272 e. The summed E-state index contributed by atoms with van der Waals surface area (Å²) in [7, 11) is 0. The molecule has 1 aliphatic rings. The summed E-state index contributed by atoms with van der Waals surface area (Å²) in [5.74, 6) is -0.884. The molecule has 0 aliphatic carbocycles. The largest absolute Gasteiger partial charge is 0.396 e.